The first kappa shape index (κ1) is 22.5. The summed E-state index contributed by atoms with van der Waals surface area (Å²) in [5.41, 5.74) is 2.96. The second kappa shape index (κ2) is 8.37. The Morgan fingerprint density at radius 2 is 1.73 bits per heavy atom. The van der Waals surface area contributed by atoms with E-state index in [4.69, 9.17) is 4.84 Å². The summed E-state index contributed by atoms with van der Waals surface area (Å²) in [6, 6.07) is 0. The minimum absolute atomic E-state index is 0.0263. The average Bonchev–Trinajstić information content (AvgIpc) is 3.05. The summed E-state index contributed by atoms with van der Waals surface area (Å²) in [5, 5.41) is 21.4. The number of fused-ring (bicyclic) bond motifs is 5. The first-order valence-corrected chi connectivity index (χ1v) is 12.4. The quantitative estimate of drug-likeness (QED) is 0.585. The Kier molecular flexibility index (Phi) is 6.29. The normalized spacial score (nSPS) is 48.9. The topological polar surface area (TPSA) is 78.8 Å². The van der Waals surface area contributed by atoms with Crippen molar-refractivity contribution in [3.8, 4) is 0 Å². The van der Waals surface area contributed by atoms with Crippen LogP contribution in [0.15, 0.2) is 0 Å². The molecule has 0 heterocycles. The molecule has 0 saturated heterocycles. The molecule has 10 atom stereocenters. The van der Waals surface area contributed by atoms with Crippen LogP contribution in [0.4, 0.5) is 0 Å². The molecule has 0 spiro atoms. The number of nitrogens with one attached hydrogen (secondary N) is 1. The van der Waals surface area contributed by atoms with Gasteiger partial charge in [0.05, 0.1) is 19.3 Å². The molecule has 30 heavy (non-hydrogen) atoms. The van der Waals surface area contributed by atoms with E-state index in [1.807, 2.05) is 0 Å². The van der Waals surface area contributed by atoms with Crippen LogP contribution in [0, 0.1) is 46.3 Å². The van der Waals surface area contributed by atoms with E-state index in [1.54, 1.807) is 0 Å². The van der Waals surface area contributed by atoms with Crippen molar-refractivity contribution in [3.05, 3.63) is 0 Å². The third-order valence-corrected chi connectivity index (χ3v) is 10.5. The van der Waals surface area contributed by atoms with Crippen molar-refractivity contribution in [2.75, 3.05) is 7.11 Å². The highest BCUT2D eigenvalue weighted by Crippen LogP contribution is 2.68. The zero-order valence-electron chi connectivity index (χ0n) is 19.4. The standard InChI is InChI=1S/C25H43NO4/c1-15(5-8-23(29)26-30-4)18-6-7-19-17-14-22(28)21-13-16(27)9-11-25(21,3)20(17)10-12-24(18,19)2/h15-22,27-28H,5-14H2,1-4H3,(H,26,29)/t15?,16-,17?,18?,19?,20?,21+,22+,24?,25?/m1/s1. The summed E-state index contributed by atoms with van der Waals surface area (Å²) in [6.07, 6.45) is 9.69. The third kappa shape index (κ3) is 3.63. The van der Waals surface area contributed by atoms with Gasteiger partial charge in [-0.1, -0.05) is 20.8 Å². The minimum Gasteiger partial charge on any atom is -0.393 e. The number of carbonyl (C=O) groups excluding carboxylic acids is 1. The number of hydroxylamine groups is 1. The molecule has 0 aromatic carbocycles. The molecule has 1 amide bonds. The molecule has 0 bridgehead atoms. The predicted octanol–water partition coefficient (Wildman–Crippen LogP) is 4.07. The fourth-order valence-corrected chi connectivity index (χ4v) is 8.98. The molecule has 172 valence electrons. The van der Waals surface area contributed by atoms with Crippen LogP contribution in [0.5, 0.6) is 0 Å². The molecule has 4 fully saturated rings. The second-order valence-corrected chi connectivity index (χ2v) is 11.7. The molecule has 0 radical (unpaired) electrons. The number of rotatable bonds is 5. The highest BCUT2D eigenvalue weighted by atomic mass is 16.6. The van der Waals surface area contributed by atoms with Gasteiger partial charge in [0.2, 0.25) is 5.91 Å². The van der Waals surface area contributed by atoms with Gasteiger partial charge in [-0.05, 0) is 104 Å². The Bertz CT molecular complexity index is 641. The SMILES string of the molecule is CONC(=O)CCC(C)C1CCC2C3C[C@H](O)[C@@H]4C[C@H](O)CCC4(C)C3CCC12C. The lowest BCUT2D eigenvalue weighted by Crippen LogP contribution is -2.58. The van der Waals surface area contributed by atoms with E-state index in [2.05, 4.69) is 26.3 Å². The van der Waals surface area contributed by atoms with Crippen LogP contribution in [0.25, 0.3) is 0 Å². The van der Waals surface area contributed by atoms with Crippen LogP contribution < -0.4 is 5.48 Å². The maximum Gasteiger partial charge on any atom is 0.243 e. The molecular formula is C25H43NO4. The van der Waals surface area contributed by atoms with Gasteiger partial charge in [0, 0.05) is 6.42 Å². The molecule has 4 aliphatic rings. The van der Waals surface area contributed by atoms with Crippen LogP contribution in [0.1, 0.15) is 85.0 Å². The summed E-state index contributed by atoms with van der Waals surface area (Å²) >= 11 is 0. The van der Waals surface area contributed by atoms with Crippen molar-refractivity contribution < 1.29 is 19.8 Å². The van der Waals surface area contributed by atoms with Crippen molar-refractivity contribution in [1.29, 1.82) is 0 Å². The zero-order chi connectivity index (χ0) is 21.7. The molecule has 3 N–H and O–H groups in total. The van der Waals surface area contributed by atoms with Gasteiger partial charge < -0.3 is 10.2 Å². The van der Waals surface area contributed by atoms with E-state index >= 15 is 0 Å². The molecule has 0 aromatic rings. The number of amides is 1. The molecule has 4 rings (SSSR count). The number of hydrogen-bond donors (Lipinski definition) is 3. The lowest BCUT2D eigenvalue weighted by molar-refractivity contribution is -0.172. The third-order valence-electron chi connectivity index (χ3n) is 10.5. The van der Waals surface area contributed by atoms with Gasteiger partial charge in [-0.2, -0.15) is 0 Å². The zero-order valence-corrected chi connectivity index (χ0v) is 19.4. The molecular weight excluding hydrogens is 378 g/mol. The molecule has 5 nitrogen and oxygen atoms in total. The summed E-state index contributed by atoms with van der Waals surface area (Å²) < 4.78 is 0. The van der Waals surface area contributed by atoms with Crippen LogP contribution in [0.2, 0.25) is 0 Å². The van der Waals surface area contributed by atoms with Gasteiger partial charge in [0.15, 0.2) is 0 Å². The highest BCUT2D eigenvalue weighted by Gasteiger charge is 2.62. The average molecular weight is 422 g/mol. The number of aliphatic hydroxyl groups is 2. The molecule has 5 heteroatoms. The molecule has 4 aliphatic carbocycles. The van der Waals surface area contributed by atoms with E-state index in [9.17, 15) is 15.0 Å². The Hall–Kier alpha value is -0.650. The van der Waals surface area contributed by atoms with Crippen LogP contribution in [-0.2, 0) is 9.63 Å². The van der Waals surface area contributed by atoms with Crippen molar-refractivity contribution in [3.63, 3.8) is 0 Å². The van der Waals surface area contributed by atoms with Crippen molar-refractivity contribution in [2.24, 2.45) is 46.3 Å². The largest absolute Gasteiger partial charge is 0.393 e. The van der Waals surface area contributed by atoms with Gasteiger partial charge in [0.25, 0.3) is 0 Å². The first-order valence-electron chi connectivity index (χ1n) is 12.4. The van der Waals surface area contributed by atoms with Gasteiger partial charge in [-0.3, -0.25) is 9.63 Å². The fraction of sp³-hybridized carbons (Fsp3) is 0.960. The fourth-order valence-electron chi connectivity index (χ4n) is 8.98. The smallest absolute Gasteiger partial charge is 0.243 e. The Morgan fingerprint density at radius 3 is 2.47 bits per heavy atom. The summed E-state index contributed by atoms with van der Waals surface area (Å²) in [4.78, 5) is 16.6. The van der Waals surface area contributed by atoms with Crippen molar-refractivity contribution in [2.45, 2.75) is 97.2 Å². The van der Waals surface area contributed by atoms with Crippen LogP contribution in [-0.4, -0.2) is 35.4 Å². The summed E-state index contributed by atoms with van der Waals surface area (Å²) in [6.45, 7) is 7.28. The van der Waals surface area contributed by atoms with E-state index < -0.39 is 0 Å². The van der Waals surface area contributed by atoms with E-state index in [1.165, 1.54) is 32.8 Å². The Morgan fingerprint density at radius 1 is 1.03 bits per heavy atom. The number of carbonyl (C=O) groups is 1. The van der Waals surface area contributed by atoms with Gasteiger partial charge >= 0.3 is 0 Å². The second-order valence-electron chi connectivity index (χ2n) is 11.7. The van der Waals surface area contributed by atoms with Crippen LogP contribution >= 0.6 is 0 Å². The Labute approximate surface area is 182 Å². The van der Waals surface area contributed by atoms with Crippen molar-refractivity contribution >= 4 is 5.91 Å². The van der Waals surface area contributed by atoms with E-state index in [0.717, 1.165) is 32.1 Å². The van der Waals surface area contributed by atoms with Gasteiger partial charge in [-0.15, -0.1) is 0 Å². The maximum atomic E-state index is 11.9. The van der Waals surface area contributed by atoms with Crippen molar-refractivity contribution in [1.82, 2.24) is 5.48 Å². The van der Waals surface area contributed by atoms with E-state index in [0.29, 0.717) is 41.4 Å². The molecule has 4 saturated carbocycles. The summed E-state index contributed by atoms with van der Waals surface area (Å²) in [7, 11) is 1.49. The van der Waals surface area contributed by atoms with E-state index in [-0.39, 0.29) is 29.4 Å². The van der Waals surface area contributed by atoms with Crippen LogP contribution in [0.3, 0.4) is 0 Å². The predicted molar refractivity (Wildman–Crippen MR) is 116 cm³/mol. The number of hydrogen-bond acceptors (Lipinski definition) is 4. The first-order chi connectivity index (χ1) is 14.2. The summed E-state index contributed by atoms with van der Waals surface area (Å²) in [5.74, 6) is 3.43. The maximum absolute atomic E-state index is 11.9. The lowest BCUT2D eigenvalue weighted by Gasteiger charge is -2.62. The molecule has 7 unspecified atom stereocenters. The van der Waals surface area contributed by atoms with Gasteiger partial charge in [-0.25, -0.2) is 5.48 Å². The van der Waals surface area contributed by atoms with Gasteiger partial charge in [0.1, 0.15) is 0 Å². The number of aliphatic hydroxyl groups excluding tert-OH is 2. The Balaban J connectivity index is 1.48. The molecule has 0 aromatic heterocycles. The highest BCUT2D eigenvalue weighted by molar-refractivity contribution is 5.74. The molecule has 0 aliphatic heterocycles. The minimum atomic E-state index is -0.261. The lowest BCUT2D eigenvalue weighted by atomic mass is 9.44. The monoisotopic (exact) mass is 421 g/mol.